The average Bonchev–Trinajstić information content (AvgIpc) is 3.36. The van der Waals surface area contributed by atoms with E-state index in [1.165, 1.54) is 4.68 Å². The van der Waals surface area contributed by atoms with Crippen LogP contribution in [0.3, 0.4) is 0 Å². The van der Waals surface area contributed by atoms with Crippen molar-refractivity contribution in [1.29, 1.82) is 0 Å². The molecule has 29 heavy (non-hydrogen) atoms. The van der Waals surface area contributed by atoms with Crippen LogP contribution in [0.1, 0.15) is 42.5 Å². The fraction of sp³-hybridized carbons (Fsp3) is 0.353. The molecule has 3 N–H and O–H groups in total. The molecule has 3 aromatic rings. The maximum Gasteiger partial charge on any atom is 0.293 e. The Morgan fingerprint density at radius 1 is 1.28 bits per heavy atom. The second kappa shape index (κ2) is 9.01. The molecule has 1 amide bonds. The number of hydrogen-bond donors (Lipinski definition) is 2. The minimum absolute atomic E-state index is 0.0502. The second-order valence-electron chi connectivity index (χ2n) is 6.11. The highest BCUT2D eigenvalue weighted by Gasteiger charge is 2.25. The van der Waals surface area contributed by atoms with Gasteiger partial charge in [0.05, 0.1) is 11.4 Å². The molecule has 0 aliphatic heterocycles. The summed E-state index contributed by atoms with van der Waals surface area (Å²) in [5.41, 5.74) is 10.4. The van der Waals surface area contributed by atoms with Gasteiger partial charge in [0.25, 0.3) is 5.91 Å². The topological polar surface area (TPSA) is 153 Å². The normalized spacial score (nSPS) is 11.8. The number of aromatic nitrogens is 6. The van der Waals surface area contributed by atoms with Crippen molar-refractivity contribution in [1.82, 2.24) is 40.6 Å². The Kier molecular flexibility index (Phi) is 6.24. The molecule has 3 heterocycles. The van der Waals surface area contributed by atoms with Crippen molar-refractivity contribution in [2.45, 2.75) is 27.3 Å². The van der Waals surface area contributed by atoms with E-state index in [1.807, 2.05) is 13.8 Å². The van der Waals surface area contributed by atoms with Gasteiger partial charge in [-0.25, -0.2) is 10.1 Å². The van der Waals surface area contributed by atoms with Crippen molar-refractivity contribution in [3.8, 4) is 5.82 Å². The maximum atomic E-state index is 12.8. The second-order valence-corrected chi connectivity index (χ2v) is 6.11. The van der Waals surface area contributed by atoms with E-state index in [2.05, 4.69) is 45.7 Å². The number of nitrogens with two attached hydrogens (primary N) is 1. The number of amides is 1. The van der Waals surface area contributed by atoms with Gasteiger partial charge in [0.15, 0.2) is 5.69 Å². The van der Waals surface area contributed by atoms with Crippen molar-refractivity contribution >= 4 is 17.4 Å². The molecule has 0 aliphatic carbocycles. The minimum atomic E-state index is -0.498. The van der Waals surface area contributed by atoms with Crippen LogP contribution in [0.2, 0.25) is 0 Å². The molecular formula is C17H22N10O2. The largest absolute Gasteiger partial charge is 0.378 e. The van der Waals surface area contributed by atoms with Crippen molar-refractivity contribution in [3.05, 3.63) is 41.5 Å². The summed E-state index contributed by atoms with van der Waals surface area (Å²) in [6, 6.07) is 3.60. The SMILES string of the molecule is CCN(CC)Cc1c(C(=O)N/N=C(/C)c2ccncc2)nnn1-c1nonc1N. The number of rotatable bonds is 8. The molecule has 3 aromatic heterocycles. The summed E-state index contributed by atoms with van der Waals surface area (Å²) < 4.78 is 6.01. The highest BCUT2D eigenvalue weighted by Crippen LogP contribution is 2.17. The smallest absolute Gasteiger partial charge is 0.293 e. The number of hydrazone groups is 1. The van der Waals surface area contributed by atoms with E-state index in [-0.39, 0.29) is 17.3 Å². The van der Waals surface area contributed by atoms with E-state index >= 15 is 0 Å². The zero-order valence-electron chi connectivity index (χ0n) is 16.4. The minimum Gasteiger partial charge on any atom is -0.378 e. The van der Waals surface area contributed by atoms with Gasteiger partial charge in [0.1, 0.15) is 0 Å². The van der Waals surface area contributed by atoms with Gasteiger partial charge in [0, 0.05) is 24.5 Å². The van der Waals surface area contributed by atoms with E-state index in [1.54, 1.807) is 31.5 Å². The van der Waals surface area contributed by atoms with E-state index in [9.17, 15) is 4.79 Å². The first-order valence-electron chi connectivity index (χ1n) is 9.05. The molecule has 0 unspecified atom stereocenters. The fourth-order valence-electron chi connectivity index (χ4n) is 2.63. The molecule has 0 saturated heterocycles. The van der Waals surface area contributed by atoms with Crippen LogP contribution in [0.25, 0.3) is 5.82 Å². The van der Waals surface area contributed by atoms with Crippen LogP contribution in [-0.2, 0) is 6.54 Å². The third-order valence-corrected chi connectivity index (χ3v) is 4.37. The molecule has 0 aliphatic rings. The highest BCUT2D eigenvalue weighted by atomic mass is 16.6. The lowest BCUT2D eigenvalue weighted by atomic mass is 10.2. The molecule has 0 radical (unpaired) electrons. The van der Waals surface area contributed by atoms with Crippen LogP contribution in [0.5, 0.6) is 0 Å². The lowest BCUT2D eigenvalue weighted by molar-refractivity contribution is 0.0947. The van der Waals surface area contributed by atoms with Gasteiger partial charge in [-0.2, -0.15) is 9.78 Å². The highest BCUT2D eigenvalue weighted by molar-refractivity contribution is 6.00. The Labute approximate surface area is 166 Å². The van der Waals surface area contributed by atoms with Gasteiger partial charge in [-0.05, 0) is 42.5 Å². The summed E-state index contributed by atoms with van der Waals surface area (Å²) in [5.74, 6) is -0.272. The zero-order chi connectivity index (χ0) is 20.8. The Bertz CT molecular complexity index is 991. The molecule has 0 atom stereocenters. The lowest BCUT2D eigenvalue weighted by Gasteiger charge is -2.18. The van der Waals surface area contributed by atoms with E-state index in [0.717, 1.165) is 18.7 Å². The molecule has 0 bridgehead atoms. The van der Waals surface area contributed by atoms with E-state index < -0.39 is 5.91 Å². The van der Waals surface area contributed by atoms with E-state index in [4.69, 9.17) is 5.73 Å². The first kappa shape index (κ1) is 20.1. The van der Waals surface area contributed by atoms with Gasteiger partial charge < -0.3 is 5.73 Å². The third kappa shape index (κ3) is 4.43. The molecule has 0 aromatic carbocycles. The summed E-state index contributed by atoms with van der Waals surface area (Å²) >= 11 is 0. The summed E-state index contributed by atoms with van der Waals surface area (Å²) in [6.07, 6.45) is 3.31. The summed E-state index contributed by atoms with van der Waals surface area (Å²) in [7, 11) is 0. The number of nitrogen functional groups attached to an aromatic ring is 1. The number of nitrogens with one attached hydrogen (secondary N) is 1. The number of anilines is 1. The van der Waals surface area contributed by atoms with Crippen LogP contribution >= 0.6 is 0 Å². The molecule has 152 valence electrons. The Morgan fingerprint density at radius 3 is 2.62 bits per heavy atom. The quantitative estimate of drug-likeness (QED) is 0.410. The van der Waals surface area contributed by atoms with Crippen LogP contribution in [0, 0.1) is 0 Å². The lowest BCUT2D eigenvalue weighted by Crippen LogP contribution is -2.27. The van der Waals surface area contributed by atoms with Crippen molar-refractivity contribution in [3.63, 3.8) is 0 Å². The predicted molar refractivity (Wildman–Crippen MR) is 104 cm³/mol. The van der Waals surface area contributed by atoms with Gasteiger partial charge in [-0.15, -0.1) is 5.10 Å². The molecule has 3 rings (SSSR count). The third-order valence-electron chi connectivity index (χ3n) is 4.37. The van der Waals surface area contributed by atoms with Crippen LogP contribution in [0.4, 0.5) is 5.82 Å². The van der Waals surface area contributed by atoms with Gasteiger partial charge in [-0.1, -0.05) is 19.1 Å². The molecule has 0 saturated carbocycles. The van der Waals surface area contributed by atoms with Crippen LogP contribution in [-0.4, -0.2) is 59.9 Å². The van der Waals surface area contributed by atoms with Crippen molar-refractivity contribution in [2.24, 2.45) is 5.10 Å². The van der Waals surface area contributed by atoms with Gasteiger partial charge in [0.2, 0.25) is 11.6 Å². The zero-order valence-corrected chi connectivity index (χ0v) is 16.4. The number of carbonyl (C=O) groups excluding carboxylic acids is 1. The molecule has 0 spiro atoms. The molecule has 0 fully saturated rings. The van der Waals surface area contributed by atoms with Crippen molar-refractivity contribution < 1.29 is 9.42 Å². The summed E-state index contributed by atoms with van der Waals surface area (Å²) in [4.78, 5) is 18.8. The summed E-state index contributed by atoms with van der Waals surface area (Å²) in [6.45, 7) is 7.77. The van der Waals surface area contributed by atoms with Crippen LogP contribution in [0.15, 0.2) is 34.3 Å². The number of carbonyl (C=O) groups is 1. The average molecular weight is 398 g/mol. The summed E-state index contributed by atoms with van der Waals surface area (Å²) in [5, 5.41) is 19.5. The number of pyridine rings is 1. The molecule has 12 heteroatoms. The Hall–Kier alpha value is -3.67. The maximum absolute atomic E-state index is 12.8. The molecule has 12 nitrogen and oxygen atoms in total. The number of nitrogens with zero attached hydrogens (tertiary/aromatic N) is 8. The van der Waals surface area contributed by atoms with Gasteiger partial charge in [-0.3, -0.25) is 14.7 Å². The first-order chi connectivity index (χ1) is 14.0. The standard InChI is InChI=1S/C17H22N10O2/c1-4-26(5-2)10-13-14(21-25-27(13)16-15(18)23-29-24-16)17(28)22-20-11(3)12-6-8-19-9-7-12/h6-9H,4-5,10H2,1-3H3,(H2,18,23)(H,22,28)/b20-11-. The Morgan fingerprint density at radius 2 is 2.00 bits per heavy atom. The van der Waals surface area contributed by atoms with Crippen LogP contribution < -0.4 is 11.2 Å². The number of hydrogen-bond acceptors (Lipinski definition) is 10. The van der Waals surface area contributed by atoms with E-state index in [0.29, 0.717) is 18.0 Å². The predicted octanol–water partition coefficient (Wildman–Crippen LogP) is 0.623. The van der Waals surface area contributed by atoms with Gasteiger partial charge >= 0.3 is 0 Å². The monoisotopic (exact) mass is 398 g/mol. The van der Waals surface area contributed by atoms with Crippen molar-refractivity contribution in [2.75, 3.05) is 18.8 Å². The molecular weight excluding hydrogens is 376 g/mol. The Balaban J connectivity index is 1.90. The first-order valence-corrected chi connectivity index (χ1v) is 9.05. The fourth-order valence-corrected chi connectivity index (χ4v) is 2.63.